The Morgan fingerprint density at radius 1 is 1.09 bits per heavy atom. The van der Waals surface area contributed by atoms with Crippen LogP contribution in [0.25, 0.3) is 0 Å². The number of rotatable bonds is 5. The first-order valence-electron chi connectivity index (χ1n) is 11.1. The minimum atomic E-state index is -4.78. The molecule has 0 radical (unpaired) electrons. The Hall–Kier alpha value is -3.24. The van der Waals surface area contributed by atoms with E-state index in [0.717, 1.165) is 0 Å². The van der Waals surface area contributed by atoms with Gasteiger partial charge in [-0.15, -0.1) is 0 Å². The number of nitrogens with zero attached hydrogens (tertiary/aromatic N) is 3. The summed E-state index contributed by atoms with van der Waals surface area (Å²) in [6.07, 6.45) is -5.73. The van der Waals surface area contributed by atoms with Gasteiger partial charge in [0.15, 0.2) is 5.69 Å². The van der Waals surface area contributed by atoms with E-state index in [9.17, 15) is 31.1 Å². The molecule has 35 heavy (non-hydrogen) atoms. The van der Waals surface area contributed by atoms with Gasteiger partial charge in [0.1, 0.15) is 5.82 Å². The van der Waals surface area contributed by atoms with E-state index in [1.54, 1.807) is 17.9 Å². The van der Waals surface area contributed by atoms with Crippen LogP contribution < -0.4 is 4.90 Å². The van der Waals surface area contributed by atoms with Gasteiger partial charge in [-0.25, -0.2) is 9.48 Å². The lowest BCUT2D eigenvalue weighted by Gasteiger charge is -2.33. The molecule has 4 rings (SSSR count). The highest BCUT2D eigenvalue weighted by molar-refractivity contribution is 5.87. The van der Waals surface area contributed by atoms with E-state index < -0.39 is 35.5 Å². The van der Waals surface area contributed by atoms with Crippen LogP contribution in [-0.2, 0) is 12.7 Å². The molecule has 11 heteroatoms. The highest BCUT2D eigenvalue weighted by atomic mass is 19.4. The number of benzene rings is 1. The standard InChI is InChI=1S/C24H23F6N3O2/c1-14(15-7-9-16(10-8-15)22(34)35)19-20(24(28,29)30)31-33-12-4-11-32(21(19)33)13-17-5-2-3-6-18(17)23(25,26)27/h2,5,7-10,14H,3-4,6,11-13H2,1H3,(H,34,35). The van der Waals surface area contributed by atoms with E-state index in [0.29, 0.717) is 12.0 Å². The Kier molecular flexibility index (Phi) is 6.46. The summed E-state index contributed by atoms with van der Waals surface area (Å²) in [6.45, 7) is 1.85. The van der Waals surface area contributed by atoms with E-state index >= 15 is 0 Å². The molecule has 2 aromatic rings. The first kappa shape index (κ1) is 24.9. The number of aromatic carboxylic acids is 1. The molecule has 5 nitrogen and oxygen atoms in total. The number of aryl methyl sites for hydroxylation is 1. The molecule has 1 N–H and O–H groups in total. The molecule has 1 aromatic heterocycles. The molecule has 1 aromatic carbocycles. The van der Waals surface area contributed by atoms with Gasteiger partial charge < -0.3 is 10.0 Å². The first-order chi connectivity index (χ1) is 16.4. The summed E-state index contributed by atoms with van der Waals surface area (Å²) < 4.78 is 84.2. The Balaban J connectivity index is 1.81. The predicted molar refractivity (Wildman–Crippen MR) is 116 cm³/mol. The highest BCUT2D eigenvalue weighted by Gasteiger charge is 2.43. The Labute approximate surface area is 197 Å². The van der Waals surface area contributed by atoms with Crippen LogP contribution in [0, 0.1) is 0 Å². The second-order valence-electron chi connectivity index (χ2n) is 8.67. The minimum Gasteiger partial charge on any atom is -0.478 e. The number of fused-ring (bicyclic) bond motifs is 1. The SMILES string of the molecule is CC(c1ccc(C(=O)O)cc1)c1c(C(F)(F)F)nn2c1N(CC1=C(C(F)(F)F)CCC=C1)CCC2. The van der Waals surface area contributed by atoms with E-state index in [2.05, 4.69) is 5.10 Å². The lowest BCUT2D eigenvalue weighted by molar-refractivity contribution is -0.142. The van der Waals surface area contributed by atoms with Gasteiger partial charge in [0, 0.05) is 36.7 Å². The molecular formula is C24H23F6N3O2. The fraction of sp³-hybridized carbons (Fsp3) is 0.417. The summed E-state index contributed by atoms with van der Waals surface area (Å²) in [4.78, 5) is 12.7. The molecular weight excluding hydrogens is 476 g/mol. The summed E-state index contributed by atoms with van der Waals surface area (Å²) in [7, 11) is 0. The summed E-state index contributed by atoms with van der Waals surface area (Å²) in [5.74, 6) is -1.85. The Morgan fingerprint density at radius 3 is 2.37 bits per heavy atom. The predicted octanol–water partition coefficient (Wildman–Crippen LogP) is 6.17. The van der Waals surface area contributed by atoms with Crippen LogP contribution in [0.2, 0.25) is 0 Å². The van der Waals surface area contributed by atoms with Crippen LogP contribution >= 0.6 is 0 Å². The smallest absolute Gasteiger partial charge is 0.435 e. The van der Waals surface area contributed by atoms with Crippen LogP contribution in [0.3, 0.4) is 0 Å². The van der Waals surface area contributed by atoms with Gasteiger partial charge in [0.25, 0.3) is 0 Å². The zero-order chi connectivity index (χ0) is 25.5. The molecule has 1 unspecified atom stereocenters. The van der Waals surface area contributed by atoms with Crippen molar-refractivity contribution in [2.75, 3.05) is 18.0 Å². The maximum Gasteiger partial charge on any atom is 0.435 e. The average Bonchev–Trinajstić information content (AvgIpc) is 3.20. The number of carboxylic acid groups (broad SMARTS) is 1. The van der Waals surface area contributed by atoms with Gasteiger partial charge >= 0.3 is 18.3 Å². The molecule has 0 spiro atoms. The van der Waals surface area contributed by atoms with Gasteiger partial charge in [-0.1, -0.05) is 31.2 Å². The molecule has 1 aliphatic carbocycles. The van der Waals surface area contributed by atoms with Gasteiger partial charge in [0.05, 0.1) is 5.56 Å². The number of hydrogen-bond acceptors (Lipinski definition) is 3. The quantitative estimate of drug-likeness (QED) is 0.500. The van der Waals surface area contributed by atoms with Crippen molar-refractivity contribution in [2.24, 2.45) is 0 Å². The molecule has 1 aliphatic heterocycles. The third-order valence-electron chi connectivity index (χ3n) is 6.39. The fourth-order valence-corrected chi connectivity index (χ4v) is 4.71. The fourth-order valence-electron chi connectivity index (χ4n) is 4.71. The maximum absolute atomic E-state index is 14.0. The zero-order valence-electron chi connectivity index (χ0n) is 18.7. The monoisotopic (exact) mass is 499 g/mol. The lowest BCUT2D eigenvalue weighted by atomic mass is 9.90. The number of alkyl halides is 6. The van der Waals surface area contributed by atoms with Gasteiger partial charge in [0.2, 0.25) is 0 Å². The maximum atomic E-state index is 14.0. The van der Waals surface area contributed by atoms with Crippen LogP contribution in [-0.4, -0.2) is 40.1 Å². The molecule has 0 saturated carbocycles. The molecule has 0 fully saturated rings. The number of hydrogen-bond donors (Lipinski definition) is 1. The number of allylic oxidation sites excluding steroid dienone is 2. The van der Waals surface area contributed by atoms with E-state index in [1.807, 2.05) is 0 Å². The lowest BCUT2D eigenvalue weighted by Crippen LogP contribution is -2.35. The molecule has 0 amide bonds. The van der Waals surface area contributed by atoms with Gasteiger partial charge in [-0.2, -0.15) is 31.4 Å². The van der Waals surface area contributed by atoms with Crippen molar-refractivity contribution in [3.8, 4) is 0 Å². The van der Waals surface area contributed by atoms with Crippen molar-refractivity contribution >= 4 is 11.8 Å². The number of anilines is 1. The Bertz CT molecular complexity index is 1180. The average molecular weight is 499 g/mol. The van der Waals surface area contributed by atoms with E-state index in [-0.39, 0.29) is 55.0 Å². The number of carbonyl (C=O) groups is 1. The van der Waals surface area contributed by atoms with Crippen molar-refractivity contribution in [3.63, 3.8) is 0 Å². The van der Waals surface area contributed by atoms with Gasteiger partial charge in [-0.3, -0.25) is 0 Å². The minimum absolute atomic E-state index is 0.00800. The van der Waals surface area contributed by atoms with E-state index in [1.165, 1.54) is 35.0 Å². The molecule has 2 aliphatic rings. The molecule has 0 saturated heterocycles. The summed E-state index contributed by atoms with van der Waals surface area (Å²) in [6, 6.07) is 5.50. The highest BCUT2D eigenvalue weighted by Crippen LogP contribution is 2.44. The largest absolute Gasteiger partial charge is 0.478 e. The number of carboxylic acids is 1. The first-order valence-corrected chi connectivity index (χ1v) is 11.1. The summed E-state index contributed by atoms with van der Waals surface area (Å²) in [5, 5.41) is 12.9. The second-order valence-corrected chi connectivity index (χ2v) is 8.67. The molecule has 2 heterocycles. The third kappa shape index (κ3) is 4.94. The zero-order valence-corrected chi connectivity index (χ0v) is 18.7. The van der Waals surface area contributed by atoms with Crippen molar-refractivity contribution in [1.29, 1.82) is 0 Å². The molecule has 0 bridgehead atoms. The third-order valence-corrected chi connectivity index (χ3v) is 6.39. The van der Waals surface area contributed by atoms with Crippen molar-refractivity contribution < 1.29 is 36.2 Å². The number of aromatic nitrogens is 2. The van der Waals surface area contributed by atoms with Crippen molar-refractivity contribution in [3.05, 3.63) is 69.9 Å². The van der Waals surface area contributed by atoms with Crippen LogP contribution in [0.4, 0.5) is 32.2 Å². The second kappa shape index (κ2) is 9.09. The summed E-state index contributed by atoms with van der Waals surface area (Å²) in [5.41, 5.74) is -1.41. The molecule has 1 atom stereocenters. The number of halogens is 6. The van der Waals surface area contributed by atoms with Crippen LogP contribution in [0.15, 0.2) is 47.6 Å². The van der Waals surface area contributed by atoms with Gasteiger partial charge in [-0.05, 0) is 42.5 Å². The van der Waals surface area contributed by atoms with Crippen molar-refractivity contribution in [2.45, 2.75) is 51.0 Å². The van der Waals surface area contributed by atoms with E-state index in [4.69, 9.17) is 5.11 Å². The molecule has 188 valence electrons. The summed E-state index contributed by atoms with van der Waals surface area (Å²) >= 11 is 0. The normalized spacial score (nSPS) is 17.5. The van der Waals surface area contributed by atoms with Crippen LogP contribution in [0.5, 0.6) is 0 Å². The van der Waals surface area contributed by atoms with Crippen molar-refractivity contribution in [1.82, 2.24) is 9.78 Å². The Morgan fingerprint density at radius 2 is 1.77 bits per heavy atom. The topological polar surface area (TPSA) is 58.4 Å². The van der Waals surface area contributed by atoms with Crippen LogP contribution in [0.1, 0.15) is 59.3 Å².